The van der Waals surface area contributed by atoms with Gasteiger partial charge in [0.2, 0.25) is 5.91 Å². The SMILES string of the molecule is CC(=O)SCC(Cc1ccccc1)C(=O)N1CSC(C)(C)[C@H]1C(=O)O. The maximum absolute atomic E-state index is 13.1. The molecule has 1 unspecified atom stereocenters. The fourth-order valence-electron chi connectivity index (χ4n) is 2.95. The fourth-order valence-corrected chi connectivity index (χ4v) is 4.79. The third-order valence-electron chi connectivity index (χ3n) is 4.22. The monoisotopic (exact) mass is 381 g/mol. The molecule has 1 saturated heterocycles. The number of carboxylic acid groups (broad SMARTS) is 1. The van der Waals surface area contributed by atoms with E-state index in [-0.39, 0.29) is 11.0 Å². The Labute approximate surface area is 156 Å². The van der Waals surface area contributed by atoms with Crippen LogP contribution in [0.5, 0.6) is 0 Å². The van der Waals surface area contributed by atoms with E-state index >= 15 is 0 Å². The minimum Gasteiger partial charge on any atom is -0.480 e. The lowest BCUT2D eigenvalue weighted by atomic mass is 9.96. The summed E-state index contributed by atoms with van der Waals surface area (Å²) in [7, 11) is 0. The highest BCUT2D eigenvalue weighted by Gasteiger charge is 2.49. The van der Waals surface area contributed by atoms with Crippen molar-refractivity contribution in [2.24, 2.45) is 5.92 Å². The Kier molecular flexibility index (Phi) is 6.57. The summed E-state index contributed by atoms with van der Waals surface area (Å²) in [6.07, 6.45) is 0.494. The van der Waals surface area contributed by atoms with Crippen LogP contribution in [-0.4, -0.2) is 49.4 Å². The highest BCUT2D eigenvalue weighted by atomic mass is 32.2. The summed E-state index contributed by atoms with van der Waals surface area (Å²) in [4.78, 5) is 37.6. The van der Waals surface area contributed by atoms with Crippen LogP contribution in [0.25, 0.3) is 0 Å². The molecule has 0 spiro atoms. The molecule has 0 radical (unpaired) electrons. The average molecular weight is 382 g/mol. The van der Waals surface area contributed by atoms with Crippen molar-refractivity contribution in [1.82, 2.24) is 4.90 Å². The van der Waals surface area contributed by atoms with Gasteiger partial charge in [-0.3, -0.25) is 9.59 Å². The molecule has 1 aliphatic heterocycles. The number of nitrogens with zero attached hydrogens (tertiary/aromatic N) is 1. The number of thioether (sulfide) groups is 2. The standard InChI is InChI=1S/C18H23NO4S2/c1-12(20)24-10-14(9-13-7-5-4-6-8-13)16(21)19-11-25-18(2,3)15(19)17(22)23/h4-8,14-15H,9-11H2,1-3H3,(H,22,23)/t14?,15-/m1/s1. The second-order valence-electron chi connectivity index (χ2n) is 6.61. The highest BCUT2D eigenvalue weighted by molar-refractivity contribution is 8.13. The Morgan fingerprint density at radius 2 is 1.96 bits per heavy atom. The molecule has 1 amide bonds. The van der Waals surface area contributed by atoms with Crippen molar-refractivity contribution >= 4 is 40.5 Å². The van der Waals surface area contributed by atoms with E-state index in [2.05, 4.69) is 0 Å². The van der Waals surface area contributed by atoms with Crippen molar-refractivity contribution < 1.29 is 19.5 Å². The van der Waals surface area contributed by atoms with E-state index in [0.717, 1.165) is 17.3 Å². The van der Waals surface area contributed by atoms with E-state index in [1.807, 2.05) is 44.2 Å². The van der Waals surface area contributed by atoms with E-state index in [9.17, 15) is 19.5 Å². The molecule has 1 fully saturated rings. The van der Waals surface area contributed by atoms with Crippen molar-refractivity contribution in [3.8, 4) is 0 Å². The minimum absolute atomic E-state index is 0.0447. The zero-order valence-corrected chi connectivity index (χ0v) is 16.2. The van der Waals surface area contributed by atoms with Crippen molar-refractivity contribution in [3.05, 3.63) is 35.9 Å². The molecular formula is C18H23NO4S2. The van der Waals surface area contributed by atoms with Gasteiger partial charge in [-0.2, -0.15) is 0 Å². The normalized spacial score (nSPS) is 20.3. The van der Waals surface area contributed by atoms with Gasteiger partial charge in [0, 0.05) is 17.4 Å². The first-order valence-corrected chi connectivity index (χ1v) is 10.0. The third kappa shape index (κ3) is 5.01. The van der Waals surface area contributed by atoms with Crippen LogP contribution in [0.4, 0.5) is 0 Å². The minimum atomic E-state index is -0.985. The van der Waals surface area contributed by atoms with Gasteiger partial charge in [0.1, 0.15) is 6.04 Å². The summed E-state index contributed by atoms with van der Waals surface area (Å²) in [5.41, 5.74) is 1.00. The second kappa shape index (κ2) is 8.27. The Hall–Kier alpha value is -1.47. The molecule has 2 rings (SSSR count). The van der Waals surface area contributed by atoms with Gasteiger partial charge in [-0.1, -0.05) is 42.1 Å². The molecule has 1 heterocycles. The molecule has 0 saturated carbocycles. The Bertz CT molecular complexity index is 648. The van der Waals surface area contributed by atoms with Gasteiger partial charge in [0.15, 0.2) is 5.12 Å². The van der Waals surface area contributed by atoms with Crippen LogP contribution in [0, 0.1) is 5.92 Å². The summed E-state index contributed by atoms with van der Waals surface area (Å²) in [5, 5.41) is 9.55. The van der Waals surface area contributed by atoms with Gasteiger partial charge in [0.05, 0.1) is 11.8 Å². The lowest BCUT2D eigenvalue weighted by molar-refractivity contribution is -0.151. The van der Waals surface area contributed by atoms with Crippen LogP contribution in [0.2, 0.25) is 0 Å². The number of carboxylic acids is 1. The Morgan fingerprint density at radius 1 is 1.32 bits per heavy atom. The number of hydrogen-bond donors (Lipinski definition) is 1. The Morgan fingerprint density at radius 3 is 2.52 bits per heavy atom. The molecule has 25 heavy (non-hydrogen) atoms. The maximum Gasteiger partial charge on any atom is 0.327 e. The van der Waals surface area contributed by atoms with E-state index in [4.69, 9.17) is 0 Å². The molecule has 1 aromatic carbocycles. The molecule has 1 aromatic rings. The highest BCUT2D eigenvalue weighted by Crippen LogP contribution is 2.40. The quantitative estimate of drug-likeness (QED) is 0.817. The third-order valence-corrected chi connectivity index (χ3v) is 6.57. The molecule has 7 heteroatoms. The number of carbonyl (C=O) groups excluding carboxylic acids is 2. The molecule has 0 bridgehead atoms. The van der Waals surface area contributed by atoms with Crippen molar-refractivity contribution in [1.29, 1.82) is 0 Å². The smallest absolute Gasteiger partial charge is 0.327 e. The summed E-state index contributed by atoms with van der Waals surface area (Å²) in [6, 6.07) is 8.75. The van der Waals surface area contributed by atoms with Crippen LogP contribution >= 0.6 is 23.5 Å². The van der Waals surface area contributed by atoms with Gasteiger partial charge < -0.3 is 10.0 Å². The average Bonchev–Trinajstić information content (AvgIpc) is 2.87. The van der Waals surface area contributed by atoms with Gasteiger partial charge in [-0.15, -0.1) is 11.8 Å². The van der Waals surface area contributed by atoms with Crippen LogP contribution in [-0.2, 0) is 20.8 Å². The zero-order chi connectivity index (χ0) is 18.6. The topological polar surface area (TPSA) is 74.7 Å². The number of benzene rings is 1. The van der Waals surface area contributed by atoms with E-state index in [1.165, 1.54) is 23.6 Å². The van der Waals surface area contributed by atoms with Crippen molar-refractivity contribution in [3.63, 3.8) is 0 Å². The van der Waals surface area contributed by atoms with E-state index in [0.29, 0.717) is 18.1 Å². The molecule has 0 aliphatic carbocycles. The van der Waals surface area contributed by atoms with Crippen molar-refractivity contribution in [2.45, 2.75) is 38.0 Å². The molecule has 1 N–H and O–H groups in total. The van der Waals surface area contributed by atoms with Gasteiger partial charge in [-0.25, -0.2) is 4.79 Å². The lowest BCUT2D eigenvalue weighted by Gasteiger charge is -2.30. The molecule has 1 aliphatic rings. The van der Waals surface area contributed by atoms with Gasteiger partial charge in [0.25, 0.3) is 0 Å². The number of carbonyl (C=O) groups is 3. The number of amides is 1. The summed E-state index contributed by atoms with van der Waals surface area (Å²) < 4.78 is -0.535. The molecular weight excluding hydrogens is 358 g/mol. The Balaban J connectivity index is 2.21. The number of hydrogen-bond acceptors (Lipinski definition) is 5. The van der Waals surface area contributed by atoms with Crippen molar-refractivity contribution in [2.75, 3.05) is 11.6 Å². The fraction of sp³-hybridized carbons (Fsp3) is 0.500. The second-order valence-corrected chi connectivity index (χ2v) is 9.41. The van der Waals surface area contributed by atoms with E-state index < -0.39 is 22.7 Å². The van der Waals surface area contributed by atoms with Crippen LogP contribution < -0.4 is 0 Å². The number of rotatable bonds is 6. The maximum atomic E-state index is 13.1. The lowest BCUT2D eigenvalue weighted by Crippen LogP contribution is -2.51. The van der Waals surface area contributed by atoms with Crippen LogP contribution in [0.1, 0.15) is 26.3 Å². The summed E-state index contributed by atoms with van der Waals surface area (Å²) in [6.45, 7) is 5.17. The van der Waals surface area contributed by atoms with Gasteiger partial charge >= 0.3 is 5.97 Å². The van der Waals surface area contributed by atoms with E-state index in [1.54, 1.807) is 0 Å². The number of aliphatic carboxylic acids is 1. The molecule has 5 nitrogen and oxygen atoms in total. The van der Waals surface area contributed by atoms with Crippen LogP contribution in [0.15, 0.2) is 30.3 Å². The van der Waals surface area contributed by atoms with Gasteiger partial charge in [-0.05, 0) is 25.8 Å². The zero-order valence-electron chi connectivity index (χ0n) is 14.6. The first kappa shape index (κ1) is 19.8. The predicted octanol–water partition coefficient (Wildman–Crippen LogP) is 2.89. The van der Waals surface area contributed by atoms with Crippen LogP contribution in [0.3, 0.4) is 0 Å². The molecule has 136 valence electrons. The first-order valence-electron chi connectivity index (χ1n) is 8.07. The summed E-state index contributed by atoms with van der Waals surface area (Å²) in [5.74, 6) is -0.882. The predicted molar refractivity (Wildman–Crippen MR) is 102 cm³/mol. The molecule has 0 aromatic heterocycles. The largest absolute Gasteiger partial charge is 0.480 e. The molecule has 2 atom stereocenters. The summed E-state index contributed by atoms with van der Waals surface area (Å²) >= 11 is 2.59. The first-order chi connectivity index (χ1) is 11.7.